The highest BCUT2D eigenvalue weighted by Gasteiger charge is 2.30. The van der Waals surface area contributed by atoms with Crippen molar-refractivity contribution in [2.24, 2.45) is 4.99 Å². The van der Waals surface area contributed by atoms with Crippen LogP contribution in [0.25, 0.3) is 0 Å². The van der Waals surface area contributed by atoms with E-state index >= 15 is 0 Å². The Morgan fingerprint density at radius 2 is 1.88 bits per heavy atom. The molecule has 2 aromatic rings. The normalized spacial score (nSPS) is 16.4. The third-order valence-corrected chi connectivity index (χ3v) is 4.82. The smallest absolute Gasteiger partial charge is 0.260 e. The van der Waals surface area contributed by atoms with Crippen LogP contribution in [-0.4, -0.2) is 28.7 Å². The molecule has 3 rings (SSSR count). The Balaban J connectivity index is 1.50. The number of carbonyl (C=O) groups excluding carboxylic acids is 2. The standard InChI is InChI=1S/C19H18N2O3S/c1-13-7-5-6-10-15(13)20-17(22)11-16-19(23)21-18(25-16)12-24-14-8-3-2-4-9-14/h2-10,16H,11-12H2,1H3,(H,20,22)/t16-/m0/s1. The van der Waals surface area contributed by atoms with E-state index in [1.54, 1.807) is 0 Å². The minimum atomic E-state index is -0.488. The lowest BCUT2D eigenvalue weighted by Crippen LogP contribution is -2.21. The van der Waals surface area contributed by atoms with Gasteiger partial charge in [-0.2, -0.15) is 0 Å². The Morgan fingerprint density at radius 3 is 2.64 bits per heavy atom. The highest BCUT2D eigenvalue weighted by atomic mass is 32.2. The van der Waals surface area contributed by atoms with Gasteiger partial charge in [0.05, 0.1) is 0 Å². The van der Waals surface area contributed by atoms with Gasteiger partial charge in [0, 0.05) is 12.1 Å². The van der Waals surface area contributed by atoms with E-state index in [2.05, 4.69) is 10.3 Å². The highest BCUT2D eigenvalue weighted by molar-refractivity contribution is 8.15. The second kappa shape index (κ2) is 7.98. The van der Waals surface area contributed by atoms with Crippen molar-refractivity contribution in [1.29, 1.82) is 0 Å². The summed E-state index contributed by atoms with van der Waals surface area (Å²) in [5, 5.41) is 2.96. The van der Waals surface area contributed by atoms with Gasteiger partial charge in [-0.25, -0.2) is 4.99 Å². The summed E-state index contributed by atoms with van der Waals surface area (Å²) in [5.41, 5.74) is 1.74. The van der Waals surface area contributed by atoms with Crippen molar-refractivity contribution in [1.82, 2.24) is 0 Å². The SMILES string of the molecule is Cc1ccccc1NC(=O)C[C@@H]1SC(COc2ccccc2)=NC1=O. The predicted octanol–water partition coefficient (Wildman–Crippen LogP) is 3.44. The van der Waals surface area contributed by atoms with E-state index in [4.69, 9.17) is 4.74 Å². The van der Waals surface area contributed by atoms with Gasteiger partial charge in [0.1, 0.15) is 22.7 Å². The number of hydrogen-bond donors (Lipinski definition) is 1. The number of aryl methyl sites for hydroxylation is 1. The van der Waals surface area contributed by atoms with E-state index in [9.17, 15) is 9.59 Å². The second-order valence-electron chi connectivity index (χ2n) is 5.62. The molecule has 1 aliphatic heterocycles. The van der Waals surface area contributed by atoms with Crippen molar-refractivity contribution in [2.45, 2.75) is 18.6 Å². The molecule has 0 fully saturated rings. The van der Waals surface area contributed by atoms with Gasteiger partial charge < -0.3 is 10.1 Å². The predicted molar refractivity (Wildman–Crippen MR) is 100 cm³/mol. The largest absolute Gasteiger partial charge is 0.487 e. The molecular weight excluding hydrogens is 336 g/mol. The van der Waals surface area contributed by atoms with Gasteiger partial charge in [-0.1, -0.05) is 48.2 Å². The fourth-order valence-electron chi connectivity index (χ4n) is 2.38. The Kier molecular flexibility index (Phi) is 5.50. The molecule has 2 aromatic carbocycles. The molecule has 0 saturated heterocycles. The third-order valence-electron chi connectivity index (χ3n) is 3.68. The monoisotopic (exact) mass is 354 g/mol. The molecule has 1 heterocycles. The minimum Gasteiger partial charge on any atom is -0.487 e. The number of hydrogen-bond acceptors (Lipinski definition) is 4. The molecular formula is C19H18N2O3S. The third kappa shape index (κ3) is 4.70. The lowest BCUT2D eigenvalue weighted by molar-refractivity contribution is -0.121. The number of para-hydroxylation sites is 2. The van der Waals surface area contributed by atoms with Gasteiger partial charge in [0.2, 0.25) is 5.91 Å². The number of nitrogens with zero attached hydrogens (tertiary/aromatic N) is 1. The van der Waals surface area contributed by atoms with Crippen LogP contribution >= 0.6 is 11.8 Å². The number of amides is 2. The summed E-state index contributed by atoms with van der Waals surface area (Å²) in [4.78, 5) is 28.2. The maximum atomic E-state index is 12.2. The second-order valence-corrected chi connectivity index (χ2v) is 6.90. The van der Waals surface area contributed by atoms with Crippen LogP contribution in [0.2, 0.25) is 0 Å². The number of anilines is 1. The van der Waals surface area contributed by atoms with Crippen molar-refractivity contribution in [3.8, 4) is 5.75 Å². The van der Waals surface area contributed by atoms with E-state index in [1.807, 2.05) is 61.5 Å². The Bertz CT molecular complexity index is 805. The zero-order chi connectivity index (χ0) is 17.6. The Labute approximate surface area is 150 Å². The van der Waals surface area contributed by atoms with Gasteiger partial charge in [0.25, 0.3) is 5.91 Å². The van der Waals surface area contributed by atoms with E-state index < -0.39 is 5.25 Å². The molecule has 2 amide bonds. The van der Waals surface area contributed by atoms with E-state index in [1.165, 1.54) is 11.8 Å². The summed E-state index contributed by atoms with van der Waals surface area (Å²) >= 11 is 1.30. The molecule has 1 N–H and O–H groups in total. The summed E-state index contributed by atoms with van der Waals surface area (Å²) < 4.78 is 5.60. The number of aliphatic imine (C=N–C) groups is 1. The van der Waals surface area contributed by atoms with E-state index in [-0.39, 0.29) is 24.8 Å². The zero-order valence-electron chi connectivity index (χ0n) is 13.8. The van der Waals surface area contributed by atoms with Crippen molar-refractivity contribution in [3.63, 3.8) is 0 Å². The van der Waals surface area contributed by atoms with Crippen LogP contribution in [0.3, 0.4) is 0 Å². The van der Waals surface area contributed by atoms with Gasteiger partial charge in [-0.05, 0) is 30.7 Å². The van der Waals surface area contributed by atoms with Crippen molar-refractivity contribution in [3.05, 3.63) is 60.2 Å². The number of thioether (sulfide) groups is 1. The van der Waals surface area contributed by atoms with Crippen LogP contribution < -0.4 is 10.1 Å². The van der Waals surface area contributed by atoms with Gasteiger partial charge in [-0.15, -0.1) is 0 Å². The van der Waals surface area contributed by atoms with Crippen LogP contribution in [0.15, 0.2) is 59.6 Å². The average Bonchev–Trinajstić information content (AvgIpc) is 2.96. The van der Waals surface area contributed by atoms with Gasteiger partial charge in [-0.3, -0.25) is 9.59 Å². The summed E-state index contributed by atoms with van der Waals surface area (Å²) in [6.45, 7) is 2.16. The maximum Gasteiger partial charge on any atom is 0.260 e. The lowest BCUT2D eigenvalue weighted by atomic mass is 10.2. The molecule has 25 heavy (non-hydrogen) atoms. The molecule has 0 aliphatic carbocycles. The molecule has 128 valence electrons. The molecule has 0 aromatic heterocycles. The zero-order valence-corrected chi connectivity index (χ0v) is 14.6. The molecule has 0 spiro atoms. The average molecular weight is 354 g/mol. The summed E-state index contributed by atoms with van der Waals surface area (Å²) in [6, 6.07) is 16.9. The summed E-state index contributed by atoms with van der Waals surface area (Å²) in [6.07, 6.45) is 0.0934. The molecule has 1 atom stereocenters. The topological polar surface area (TPSA) is 67.8 Å². The quantitative estimate of drug-likeness (QED) is 0.863. The molecule has 0 unspecified atom stereocenters. The minimum absolute atomic E-state index is 0.0934. The van der Waals surface area contributed by atoms with Gasteiger partial charge in [0.15, 0.2) is 0 Å². The first-order valence-electron chi connectivity index (χ1n) is 7.93. The van der Waals surface area contributed by atoms with Crippen LogP contribution in [0, 0.1) is 6.92 Å². The number of carbonyl (C=O) groups is 2. The summed E-state index contributed by atoms with van der Waals surface area (Å²) in [7, 11) is 0. The van der Waals surface area contributed by atoms with Crippen molar-refractivity contribution >= 4 is 34.3 Å². The van der Waals surface area contributed by atoms with Crippen LogP contribution in [-0.2, 0) is 9.59 Å². The van der Waals surface area contributed by atoms with Crippen LogP contribution in [0.5, 0.6) is 5.75 Å². The van der Waals surface area contributed by atoms with Gasteiger partial charge >= 0.3 is 0 Å². The van der Waals surface area contributed by atoms with Crippen molar-refractivity contribution in [2.75, 3.05) is 11.9 Å². The molecule has 0 radical (unpaired) electrons. The van der Waals surface area contributed by atoms with Crippen LogP contribution in [0.4, 0.5) is 5.69 Å². The first kappa shape index (κ1) is 17.2. The fraction of sp³-hybridized carbons (Fsp3) is 0.211. The number of nitrogens with one attached hydrogen (secondary N) is 1. The number of benzene rings is 2. The van der Waals surface area contributed by atoms with Crippen LogP contribution in [0.1, 0.15) is 12.0 Å². The lowest BCUT2D eigenvalue weighted by Gasteiger charge is -2.10. The molecule has 0 bridgehead atoms. The highest BCUT2D eigenvalue weighted by Crippen LogP contribution is 2.26. The molecule has 5 nitrogen and oxygen atoms in total. The van der Waals surface area contributed by atoms with E-state index in [0.29, 0.717) is 5.04 Å². The van der Waals surface area contributed by atoms with Crippen molar-refractivity contribution < 1.29 is 14.3 Å². The molecule has 0 saturated carbocycles. The number of ether oxygens (including phenoxy) is 1. The fourth-order valence-corrected chi connectivity index (χ4v) is 3.36. The van der Waals surface area contributed by atoms with E-state index in [0.717, 1.165) is 17.0 Å². The first-order chi connectivity index (χ1) is 12.1. The number of rotatable bonds is 6. The molecule has 6 heteroatoms. The summed E-state index contributed by atoms with van der Waals surface area (Å²) in [5.74, 6) is 0.246. The molecule has 1 aliphatic rings. The first-order valence-corrected chi connectivity index (χ1v) is 8.81. The Morgan fingerprint density at radius 1 is 1.16 bits per heavy atom. The maximum absolute atomic E-state index is 12.2. The Hall–Kier alpha value is -2.60.